The summed E-state index contributed by atoms with van der Waals surface area (Å²) >= 11 is 1.46. The van der Waals surface area contributed by atoms with Gasteiger partial charge in [-0.25, -0.2) is 17.7 Å². The first kappa shape index (κ1) is 32.5. The summed E-state index contributed by atoms with van der Waals surface area (Å²) in [6.45, 7) is 13.7. The Hall–Kier alpha value is -2.05. The van der Waals surface area contributed by atoms with Gasteiger partial charge in [-0.05, 0) is 58.4 Å². The Kier molecular flexibility index (Phi) is 10.4. The zero-order chi connectivity index (χ0) is 27.1. The standard InChI is InChI=1S/C25H25.C7H6.C5H5.2ClH.Zr/c1-14-12-24(3,4)22-8-16-7-17-9-23-19(15(2)13-25(23,5)6)11-21(17)20(16)10-18(14)22;1-7-5-3-2-4-6-7;1-2-4-5-3-1;;;/h8-12H,7H2,1-6H3;1-6H;1-3H,4H2;2*1H;/q-1;;-1;;;+2/p-2. The van der Waals surface area contributed by atoms with Gasteiger partial charge in [0.1, 0.15) is 0 Å². The normalized spacial score (nSPS) is 16.8. The molecular weight excluding hydrogens is 607 g/mol. The average Bonchev–Trinajstić information content (AvgIpc) is 3.66. The van der Waals surface area contributed by atoms with Gasteiger partial charge in [0, 0.05) is 5.41 Å². The fourth-order valence-corrected chi connectivity index (χ4v) is 6.64. The Morgan fingerprint density at radius 3 is 1.95 bits per heavy atom. The molecule has 0 amide bonds. The van der Waals surface area contributed by atoms with Crippen LogP contribution < -0.4 is 24.8 Å². The molecule has 0 saturated heterocycles. The van der Waals surface area contributed by atoms with Crippen molar-refractivity contribution < 1.29 is 49.0 Å². The number of halogens is 2. The fraction of sp³-hybridized carbons (Fsp3) is 0.270. The van der Waals surface area contributed by atoms with Crippen LogP contribution in [0.15, 0.2) is 78.9 Å². The van der Waals surface area contributed by atoms with Gasteiger partial charge in [0.05, 0.1) is 0 Å². The number of benzene rings is 3. The molecule has 3 aromatic carbocycles. The van der Waals surface area contributed by atoms with Gasteiger partial charge in [-0.1, -0.05) is 58.2 Å². The number of hydrogen-bond acceptors (Lipinski definition) is 0. The van der Waals surface area contributed by atoms with Crippen LogP contribution in [0.2, 0.25) is 0 Å². The van der Waals surface area contributed by atoms with Crippen molar-refractivity contribution >= 4 is 14.9 Å². The first-order valence-corrected chi connectivity index (χ1v) is 15.0. The van der Waals surface area contributed by atoms with E-state index in [9.17, 15) is 0 Å². The zero-order valence-electron chi connectivity index (χ0n) is 24.3. The molecule has 0 saturated carbocycles. The van der Waals surface area contributed by atoms with Gasteiger partial charge in [0.25, 0.3) is 0 Å². The Bertz CT molecular complexity index is 1440. The van der Waals surface area contributed by atoms with Crippen molar-refractivity contribution in [2.45, 2.75) is 65.2 Å². The summed E-state index contributed by atoms with van der Waals surface area (Å²) in [5.41, 5.74) is 15.9. The van der Waals surface area contributed by atoms with Crippen LogP contribution in [0.5, 0.6) is 0 Å². The van der Waals surface area contributed by atoms with Crippen LogP contribution >= 0.6 is 0 Å². The van der Waals surface area contributed by atoms with Gasteiger partial charge in [-0.15, -0.1) is 18.1 Å². The monoisotopic (exact) mass is 640 g/mol. The summed E-state index contributed by atoms with van der Waals surface area (Å²) in [6, 6.07) is 20.2. The summed E-state index contributed by atoms with van der Waals surface area (Å²) in [4.78, 5) is 0. The van der Waals surface area contributed by atoms with Crippen LogP contribution in [-0.4, -0.2) is 3.71 Å². The molecule has 4 aliphatic rings. The van der Waals surface area contributed by atoms with Crippen molar-refractivity contribution in [1.82, 2.24) is 0 Å². The van der Waals surface area contributed by atoms with E-state index in [1.807, 2.05) is 18.2 Å². The maximum atomic E-state index is 3.65. The second-order valence-corrected chi connectivity index (χ2v) is 12.5. The summed E-state index contributed by atoms with van der Waals surface area (Å²) in [6.07, 6.45) is 17.1. The molecule has 0 nitrogen and oxygen atoms in total. The Morgan fingerprint density at radius 2 is 1.43 bits per heavy atom. The molecule has 0 aromatic heterocycles. The summed E-state index contributed by atoms with van der Waals surface area (Å²) in [5.74, 6) is 0. The van der Waals surface area contributed by atoms with E-state index in [-0.39, 0.29) is 35.6 Å². The molecule has 0 bridgehead atoms. The minimum absolute atomic E-state index is 0. The summed E-state index contributed by atoms with van der Waals surface area (Å²) in [5, 5.41) is 0. The van der Waals surface area contributed by atoms with E-state index in [1.54, 1.807) is 0 Å². The Balaban J connectivity index is 0.000000244. The molecule has 0 spiro atoms. The van der Waals surface area contributed by atoms with Crippen molar-refractivity contribution in [2.75, 3.05) is 0 Å². The number of allylic oxidation sites excluding steroid dienone is 8. The van der Waals surface area contributed by atoms with E-state index in [0.29, 0.717) is 0 Å². The van der Waals surface area contributed by atoms with Crippen LogP contribution in [0.25, 0.3) is 22.3 Å². The van der Waals surface area contributed by atoms with Gasteiger partial charge in [-0.2, -0.15) is 11.6 Å². The molecule has 0 radical (unpaired) electrons. The number of fused-ring (bicyclic) bond motifs is 5. The molecule has 204 valence electrons. The van der Waals surface area contributed by atoms with Crippen LogP contribution in [0.1, 0.15) is 86.9 Å². The van der Waals surface area contributed by atoms with Crippen LogP contribution in [0.3, 0.4) is 0 Å². The van der Waals surface area contributed by atoms with Gasteiger partial charge >= 0.3 is 63.8 Å². The predicted octanol–water partition coefficient (Wildman–Crippen LogP) is 3.15. The van der Waals surface area contributed by atoms with Crippen LogP contribution in [0.4, 0.5) is 0 Å². The van der Waals surface area contributed by atoms with E-state index < -0.39 is 0 Å². The third-order valence-electron chi connectivity index (χ3n) is 7.98. The maximum absolute atomic E-state index is 3.65. The summed E-state index contributed by atoms with van der Waals surface area (Å²) in [7, 11) is 0. The first-order chi connectivity index (χ1) is 18.1. The average molecular weight is 643 g/mol. The topological polar surface area (TPSA) is 0 Å². The van der Waals surface area contributed by atoms with Crippen LogP contribution in [-0.2, 0) is 41.5 Å². The molecule has 0 unspecified atom stereocenters. The second-order valence-electron chi connectivity index (χ2n) is 11.8. The molecular formula is C37H36Cl2Zr-2. The minimum atomic E-state index is 0. The van der Waals surface area contributed by atoms with E-state index in [0.717, 1.165) is 12.8 Å². The fourth-order valence-electron chi connectivity index (χ4n) is 6.16. The van der Waals surface area contributed by atoms with E-state index in [1.165, 1.54) is 85.5 Å². The Labute approximate surface area is 268 Å². The predicted molar refractivity (Wildman–Crippen MR) is 160 cm³/mol. The van der Waals surface area contributed by atoms with E-state index >= 15 is 0 Å². The quantitative estimate of drug-likeness (QED) is 0.280. The van der Waals surface area contributed by atoms with E-state index in [4.69, 9.17) is 0 Å². The van der Waals surface area contributed by atoms with Crippen molar-refractivity contribution in [2.24, 2.45) is 0 Å². The van der Waals surface area contributed by atoms with Crippen molar-refractivity contribution in [3.05, 3.63) is 130 Å². The van der Waals surface area contributed by atoms with Gasteiger partial charge < -0.3 is 24.8 Å². The van der Waals surface area contributed by atoms with E-state index in [2.05, 4.69) is 118 Å². The molecule has 0 fully saturated rings. The van der Waals surface area contributed by atoms with Gasteiger partial charge in [-0.3, -0.25) is 12.2 Å². The molecule has 4 aliphatic carbocycles. The number of hydrogen-bond donors (Lipinski definition) is 0. The van der Waals surface area contributed by atoms with Crippen LogP contribution in [0, 0.1) is 12.2 Å². The third kappa shape index (κ3) is 6.38. The first-order valence-electron chi connectivity index (χ1n) is 13.5. The van der Waals surface area contributed by atoms with Crippen molar-refractivity contribution in [3.8, 4) is 11.1 Å². The molecule has 3 heteroatoms. The SMILES string of the molecule is CC1=[C-]C(C)(C)c2cc3c(cc21)-c1cc2c(cc1C3)C(C)(C)C=C2C.[C-]1=CC=CC1.[Cl-].[Cl-].[Zr+2]=[CH]c1ccccc1. The second kappa shape index (κ2) is 12.9. The van der Waals surface area contributed by atoms with Crippen molar-refractivity contribution in [1.29, 1.82) is 0 Å². The Morgan fingerprint density at radius 1 is 0.800 bits per heavy atom. The molecule has 40 heavy (non-hydrogen) atoms. The molecule has 0 N–H and O–H groups in total. The van der Waals surface area contributed by atoms with Gasteiger partial charge in [0.2, 0.25) is 0 Å². The summed E-state index contributed by atoms with van der Waals surface area (Å²) < 4.78 is 2.17. The number of rotatable bonds is 1. The van der Waals surface area contributed by atoms with Crippen molar-refractivity contribution in [3.63, 3.8) is 0 Å². The molecule has 3 aromatic rings. The molecule has 0 heterocycles. The zero-order valence-corrected chi connectivity index (χ0v) is 28.2. The van der Waals surface area contributed by atoms with Gasteiger partial charge in [0.15, 0.2) is 0 Å². The molecule has 7 rings (SSSR count). The molecule has 0 aliphatic heterocycles. The molecule has 0 atom stereocenters. The third-order valence-corrected chi connectivity index (χ3v) is 8.80.